The number of carbonyl (C=O) groups excluding carboxylic acids is 2. The van der Waals surface area contributed by atoms with Crippen LogP contribution in [0.2, 0.25) is 0 Å². The summed E-state index contributed by atoms with van der Waals surface area (Å²) in [4.78, 5) is 26.8. The van der Waals surface area contributed by atoms with Crippen molar-refractivity contribution in [3.63, 3.8) is 0 Å². The molecule has 0 aromatic heterocycles. The van der Waals surface area contributed by atoms with E-state index in [1.54, 1.807) is 0 Å². The lowest BCUT2D eigenvalue weighted by atomic mass is 9.80. The number of amides is 2. The fraction of sp³-hybridized carbons (Fsp3) is 0.867. The van der Waals surface area contributed by atoms with E-state index >= 15 is 0 Å². The zero-order chi connectivity index (χ0) is 13.5. The number of carbonyl (C=O) groups is 2. The standard InChI is InChI=1S/C15H24N2O2/c1-14(8-9-14)11-17-10-5-12(18)16-15(13(17)19)6-3-2-4-7-15/h2-11H2,1H3,(H,16,18). The molecule has 3 rings (SSSR count). The van der Waals surface area contributed by atoms with Gasteiger partial charge in [0.1, 0.15) is 5.54 Å². The van der Waals surface area contributed by atoms with Gasteiger partial charge in [-0.1, -0.05) is 26.2 Å². The number of nitrogens with zero attached hydrogens (tertiary/aromatic N) is 1. The third-order valence-corrected chi connectivity index (χ3v) is 5.07. The largest absolute Gasteiger partial charge is 0.342 e. The van der Waals surface area contributed by atoms with Crippen molar-refractivity contribution in [2.75, 3.05) is 13.1 Å². The van der Waals surface area contributed by atoms with Gasteiger partial charge in [0.05, 0.1) is 0 Å². The first kappa shape index (κ1) is 12.9. The molecule has 106 valence electrons. The molecule has 3 aliphatic rings. The lowest BCUT2D eigenvalue weighted by Gasteiger charge is -2.38. The molecule has 4 heteroatoms. The van der Waals surface area contributed by atoms with Gasteiger partial charge in [-0.3, -0.25) is 9.59 Å². The van der Waals surface area contributed by atoms with Gasteiger partial charge in [-0.15, -0.1) is 0 Å². The molecule has 0 atom stereocenters. The van der Waals surface area contributed by atoms with Gasteiger partial charge >= 0.3 is 0 Å². The van der Waals surface area contributed by atoms with Gasteiger partial charge in [0.2, 0.25) is 11.8 Å². The number of nitrogens with one attached hydrogen (secondary N) is 1. The normalized spacial score (nSPS) is 29.0. The molecule has 3 fully saturated rings. The lowest BCUT2D eigenvalue weighted by Crippen LogP contribution is -2.58. The Labute approximate surface area is 114 Å². The monoisotopic (exact) mass is 264 g/mol. The van der Waals surface area contributed by atoms with Crippen LogP contribution in [0.3, 0.4) is 0 Å². The second-order valence-electron chi connectivity index (χ2n) is 6.98. The highest BCUT2D eigenvalue weighted by atomic mass is 16.2. The highest BCUT2D eigenvalue weighted by molar-refractivity contribution is 5.93. The third kappa shape index (κ3) is 2.49. The van der Waals surface area contributed by atoms with Crippen LogP contribution >= 0.6 is 0 Å². The van der Waals surface area contributed by atoms with Crippen LogP contribution in [0.4, 0.5) is 0 Å². The zero-order valence-corrected chi connectivity index (χ0v) is 11.8. The van der Waals surface area contributed by atoms with E-state index in [1.807, 2.05) is 4.90 Å². The Morgan fingerprint density at radius 1 is 1.11 bits per heavy atom. The van der Waals surface area contributed by atoms with Crippen LogP contribution in [-0.4, -0.2) is 35.3 Å². The maximum Gasteiger partial charge on any atom is 0.248 e. The first-order chi connectivity index (χ1) is 9.03. The molecule has 1 N–H and O–H groups in total. The number of rotatable bonds is 2. The van der Waals surface area contributed by atoms with Crippen LogP contribution < -0.4 is 5.32 Å². The SMILES string of the molecule is CC1(CN2CCC(=O)NC3(CCCCC3)C2=O)CC1. The van der Waals surface area contributed by atoms with E-state index in [-0.39, 0.29) is 11.8 Å². The Kier molecular flexibility index (Phi) is 3.06. The maximum atomic E-state index is 12.9. The Hall–Kier alpha value is -1.06. The van der Waals surface area contributed by atoms with Crippen LogP contribution in [-0.2, 0) is 9.59 Å². The molecule has 1 spiro atoms. The molecule has 1 aliphatic heterocycles. The van der Waals surface area contributed by atoms with E-state index in [0.29, 0.717) is 18.4 Å². The van der Waals surface area contributed by atoms with E-state index in [4.69, 9.17) is 0 Å². The molecule has 2 saturated carbocycles. The summed E-state index contributed by atoms with van der Waals surface area (Å²) >= 11 is 0. The van der Waals surface area contributed by atoms with Crippen molar-refractivity contribution in [1.82, 2.24) is 10.2 Å². The summed E-state index contributed by atoms with van der Waals surface area (Å²) in [6, 6.07) is 0. The van der Waals surface area contributed by atoms with Crippen molar-refractivity contribution >= 4 is 11.8 Å². The molecule has 0 unspecified atom stereocenters. The Morgan fingerprint density at radius 2 is 1.79 bits per heavy atom. The van der Waals surface area contributed by atoms with Crippen molar-refractivity contribution in [1.29, 1.82) is 0 Å². The summed E-state index contributed by atoms with van der Waals surface area (Å²) in [6.07, 6.45) is 7.83. The molecule has 0 aromatic rings. The van der Waals surface area contributed by atoms with Gasteiger partial charge in [0.15, 0.2) is 0 Å². The molecule has 4 nitrogen and oxygen atoms in total. The first-order valence-electron chi connectivity index (χ1n) is 7.64. The fourth-order valence-corrected chi connectivity index (χ4v) is 3.50. The van der Waals surface area contributed by atoms with Gasteiger partial charge in [0, 0.05) is 19.5 Å². The number of hydrogen-bond donors (Lipinski definition) is 1. The predicted molar refractivity (Wildman–Crippen MR) is 72.5 cm³/mol. The Balaban J connectivity index is 1.81. The summed E-state index contributed by atoms with van der Waals surface area (Å²) in [7, 11) is 0. The van der Waals surface area contributed by atoms with E-state index in [0.717, 1.165) is 32.2 Å². The molecule has 2 amide bonds. The lowest BCUT2D eigenvalue weighted by molar-refractivity contribution is -0.141. The van der Waals surface area contributed by atoms with Crippen LogP contribution in [0.15, 0.2) is 0 Å². The van der Waals surface area contributed by atoms with Crippen LogP contribution in [0.5, 0.6) is 0 Å². The van der Waals surface area contributed by atoms with Crippen molar-refractivity contribution in [3.05, 3.63) is 0 Å². The third-order valence-electron chi connectivity index (χ3n) is 5.07. The molecule has 1 saturated heterocycles. The molecular weight excluding hydrogens is 240 g/mol. The van der Waals surface area contributed by atoms with Crippen molar-refractivity contribution in [2.24, 2.45) is 5.41 Å². The van der Waals surface area contributed by atoms with Crippen LogP contribution in [0, 0.1) is 5.41 Å². The topological polar surface area (TPSA) is 49.4 Å². The quantitative estimate of drug-likeness (QED) is 0.827. The van der Waals surface area contributed by atoms with E-state index < -0.39 is 5.54 Å². The molecule has 0 aromatic carbocycles. The van der Waals surface area contributed by atoms with Crippen LogP contribution in [0.25, 0.3) is 0 Å². The average molecular weight is 264 g/mol. The average Bonchev–Trinajstić information content (AvgIpc) is 3.13. The minimum absolute atomic E-state index is 0.0544. The minimum atomic E-state index is -0.572. The van der Waals surface area contributed by atoms with Crippen molar-refractivity contribution in [2.45, 2.75) is 63.8 Å². The van der Waals surface area contributed by atoms with Crippen molar-refractivity contribution in [3.8, 4) is 0 Å². The van der Waals surface area contributed by atoms with Gasteiger partial charge in [-0.25, -0.2) is 0 Å². The predicted octanol–water partition coefficient (Wildman–Crippen LogP) is 1.84. The summed E-state index contributed by atoms with van der Waals surface area (Å²) in [6.45, 7) is 3.68. The van der Waals surface area contributed by atoms with Gasteiger partial charge in [0.25, 0.3) is 0 Å². The summed E-state index contributed by atoms with van der Waals surface area (Å²) in [5.41, 5.74) is -0.254. The van der Waals surface area contributed by atoms with E-state index in [1.165, 1.54) is 19.3 Å². The number of hydrogen-bond acceptors (Lipinski definition) is 2. The smallest absolute Gasteiger partial charge is 0.248 e. The fourth-order valence-electron chi connectivity index (χ4n) is 3.50. The van der Waals surface area contributed by atoms with Gasteiger partial charge in [-0.2, -0.15) is 0 Å². The highest BCUT2D eigenvalue weighted by Crippen LogP contribution is 2.46. The Bertz CT molecular complexity index is 395. The molecule has 1 heterocycles. The van der Waals surface area contributed by atoms with E-state index in [2.05, 4.69) is 12.2 Å². The second kappa shape index (κ2) is 4.50. The first-order valence-corrected chi connectivity index (χ1v) is 7.64. The second-order valence-corrected chi connectivity index (χ2v) is 6.98. The Morgan fingerprint density at radius 3 is 2.42 bits per heavy atom. The minimum Gasteiger partial charge on any atom is -0.342 e. The molecular formula is C15H24N2O2. The zero-order valence-electron chi connectivity index (χ0n) is 11.8. The van der Waals surface area contributed by atoms with Gasteiger partial charge in [-0.05, 0) is 31.1 Å². The highest BCUT2D eigenvalue weighted by Gasteiger charge is 2.48. The molecule has 19 heavy (non-hydrogen) atoms. The summed E-state index contributed by atoms with van der Waals surface area (Å²) in [5.74, 6) is 0.241. The maximum absolute atomic E-state index is 12.9. The van der Waals surface area contributed by atoms with E-state index in [9.17, 15) is 9.59 Å². The van der Waals surface area contributed by atoms with Gasteiger partial charge < -0.3 is 10.2 Å². The molecule has 0 bridgehead atoms. The summed E-state index contributed by atoms with van der Waals surface area (Å²) < 4.78 is 0. The van der Waals surface area contributed by atoms with Crippen LogP contribution in [0.1, 0.15) is 58.3 Å². The van der Waals surface area contributed by atoms with Crippen molar-refractivity contribution < 1.29 is 9.59 Å². The molecule has 0 radical (unpaired) electrons. The molecule has 2 aliphatic carbocycles. The summed E-state index contributed by atoms with van der Waals surface area (Å²) in [5, 5.41) is 3.05.